The van der Waals surface area contributed by atoms with Crippen LogP contribution in [0, 0.1) is 0 Å². The molecule has 0 amide bonds. The lowest BCUT2D eigenvalue weighted by Gasteiger charge is -2.10. The van der Waals surface area contributed by atoms with Gasteiger partial charge in [-0.25, -0.2) is 9.97 Å². The van der Waals surface area contributed by atoms with Gasteiger partial charge in [-0.1, -0.05) is 30.3 Å². The molecule has 0 aliphatic heterocycles. The maximum atomic E-state index is 6.00. The summed E-state index contributed by atoms with van der Waals surface area (Å²) < 4.78 is 0.845. The third-order valence-electron chi connectivity index (χ3n) is 2.64. The highest BCUT2D eigenvalue weighted by Crippen LogP contribution is 2.28. The lowest BCUT2D eigenvalue weighted by molar-refractivity contribution is 0.929. The average molecular weight is 388 g/mol. The number of thioether (sulfide) groups is 1. The highest BCUT2D eigenvalue weighted by atomic mass is 79.9. The largest absolute Gasteiger partial charge is 0.370 e. The molecule has 0 aliphatic rings. The van der Waals surface area contributed by atoms with Crippen LogP contribution in [-0.4, -0.2) is 22.8 Å². The Balaban J connectivity index is 2.23. The van der Waals surface area contributed by atoms with Crippen molar-refractivity contribution in [2.24, 2.45) is 0 Å². The summed E-state index contributed by atoms with van der Waals surface area (Å²) in [5.41, 5.74) is 0.915. The molecule has 0 aliphatic carbocycles. The van der Waals surface area contributed by atoms with Crippen molar-refractivity contribution >= 4 is 56.6 Å². The molecule has 2 rings (SSSR count). The van der Waals surface area contributed by atoms with Crippen LogP contribution in [-0.2, 0) is 0 Å². The van der Waals surface area contributed by atoms with Crippen LogP contribution in [0.2, 0.25) is 5.02 Å². The van der Waals surface area contributed by atoms with E-state index in [0.29, 0.717) is 5.02 Å². The number of aromatic nitrogens is 2. The minimum absolute atomic E-state index is 0.679. The van der Waals surface area contributed by atoms with Crippen LogP contribution in [0.5, 0.6) is 0 Å². The Labute approximate surface area is 142 Å². The minimum Gasteiger partial charge on any atom is -0.370 e. The maximum Gasteiger partial charge on any atom is 0.191 e. The van der Waals surface area contributed by atoms with Gasteiger partial charge < -0.3 is 10.6 Å². The smallest absolute Gasteiger partial charge is 0.191 e. The van der Waals surface area contributed by atoms with E-state index in [-0.39, 0.29) is 0 Å². The van der Waals surface area contributed by atoms with E-state index in [0.717, 1.165) is 39.9 Å². The lowest BCUT2D eigenvalue weighted by Crippen LogP contribution is -2.05. The fourth-order valence-corrected chi connectivity index (χ4v) is 2.52. The monoisotopic (exact) mass is 386 g/mol. The summed E-state index contributed by atoms with van der Waals surface area (Å²) in [5.74, 6) is 1.58. The molecule has 112 valence electrons. The van der Waals surface area contributed by atoms with E-state index in [1.165, 1.54) is 11.8 Å². The summed E-state index contributed by atoms with van der Waals surface area (Å²) in [6.07, 6.45) is 3.01. The van der Waals surface area contributed by atoms with Gasteiger partial charge in [0.05, 0.1) is 5.02 Å². The number of halogens is 2. The molecule has 0 unspecified atom stereocenters. The number of nitrogens with zero attached hydrogens (tertiary/aromatic N) is 2. The van der Waals surface area contributed by atoms with Gasteiger partial charge in [0.1, 0.15) is 11.6 Å². The van der Waals surface area contributed by atoms with Crippen molar-refractivity contribution in [3.63, 3.8) is 0 Å². The topological polar surface area (TPSA) is 49.8 Å². The molecular weight excluding hydrogens is 372 g/mol. The first-order chi connectivity index (χ1) is 10.1. The van der Waals surface area contributed by atoms with Gasteiger partial charge in [0, 0.05) is 22.8 Å². The zero-order valence-corrected chi connectivity index (χ0v) is 14.9. The van der Waals surface area contributed by atoms with E-state index < -0.39 is 0 Å². The molecule has 21 heavy (non-hydrogen) atoms. The van der Waals surface area contributed by atoms with Crippen LogP contribution in [0.25, 0.3) is 0 Å². The fraction of sp³-hybridized carbons (Fsp3) is 0.286. The van der Waals surface area contributed by atoms with E-state index in [4.69, 9.17) is 11.6 Å². The van der Waals surface area contributed by atoms with Gasteiger partial charge in [-0.15, -0.1) is 0 Å². The summed E-state index contributed by atoms with van der Waals surface area (Å²) >= 11 is 10.9. The van der Waals surface area contributed by atoms with E-state index in [9.17, 15) is 0 Å². The number of hydrogen-bond acceptors (Lipinski definition) is 5. The second-order valence-corrected chi connectivity index (χ2v) is 6.34. The quantitative estimate of drug-likeness (QED) is 0.528. The molecule has 1 heterocycles. The molecule has 0 radical (unpaired) electrons. The summed E-state index contributed by atoms with van der Waals surface area (Å²) in [6.45, 7) is 3.00. The highest BCUT2D eigenvalue weighted by molar-refractivity contribution is 9.10. The molecule has 0 spiro atoms. The molecule has 1 aromatic heterocycles. The molecule has 0 saturated carbocycles. The number of rotatable bonds is 6. The van der Waals surface area contributed by atoms with Crippen LogP contribution in [0.4, 0.5) is 17.3 Å². The van der Waals surface area contributed by atoms with Gasteiger partial charge in [0.2, 0.25) is 0 Å². The van der Waals surface area contributed by atoms with Gasteiger partial charge in [-0.05, 0) is 46.8 Å². The zero-order chi connectivity index (χ0) is 15.2. The predicted molar refractivity (Wildman–Crippen MR) is 95.0 cm³/mol. The van der Waals surface area contributed by atoms with Gasteiger partial charge in [-0.2, -0.15) is 0 Å². The molecule has 2 N–H and O–H groups in total. The minimum atomic E-state index is 0.679. The van der Waals surface area contributed by atoms with E-state index in [2.05, 4.69) is 43.5 Å². The molecular formula is C14H16BrClN4S. The van der Waals surface area contributed by atoms with Gasteiger partial charge in [0.15, 0.2) is 5.16 Å². The van der Waals surface area contributed by atoms with Crippen LogP contribution in [0.3, 0.4) is 0 Å². The first kappa shape index (κ1) is 16.4. The molecule has 4 nitrogen and oxygen atoms in total. The lowest BCUT2D eigenvalue weighted by atomic mass is 10.3. The van der Waals surface area contributed by atoms with Crippen molar-refractivity contribution in [1.82, 2.24) is 9.97 Å². The fourth-order valence-electron chi connectivity index (χ4n) is 1.65. The Morgan fingerprint density at radius 2 is 2.00 bits per heavy atom. The third-order valence-corrected chi connectivity index (χ3v) is 4.40. The van der Waals surface area contributed by atoms with Crippen LogP contribution in [0.1, 0.15) is 13.3 Å². The first-order valence-corrected chi connectivity index (χ1v) is 8.91. The van der Waals surface area contributed by atoms with E-state index in [1.54, 1.807) is 0 Å². The van der Waals surface area contributed by atoms with Crippen molar-refractivity contribution in [3.8, 4) is 0 Å². The summed E-state index contributed by atoms with van der Waals surface area (Å²) in [6, 6.07) is 7.56. The summed E-state index contributed by atoms with van der Waals surface area (Å²) in [5, 5.41) is 7.96. The van der Waals surface area contributed by atoms with Crippen molar-refractivity contribution in [2.45, 2.75) is 18.5 Å². The Morgan fingerprint density at radius 1 is 1.24 bits per heavy atom. The Hall–Kier alpha value is -0.980. The van der Waals surface area contributed by atoms with E-state index >= 15 is 0 Å². The van der Waals surface area contributed by atoms with Crippen LogP contribution < -0.4 is 10.6 Å². The van der Waals surface area contributed by atoms with E-state index in [1.807, 2.05) is 30.5 Å². The predicted octanol–water partition coefficient (Wildman–Crippen LogP) is 5.18. The molecule has 1 aromatic carbocycles. The van der Waals surface area contributed by atoms with Crippen molar-refractivity contribution in [3.05, 3.63) is 33.8 Å². The number of benzene rings is 1. The normalized spacial score (nSPS) is 10.5. The second kappa shape index (κ2) is 7.87. The third kappa shape index (κ3) is 4.76. The Bertz CT molecular complexity index is 624. The maximum absolute atomic E-state index is 6.00. The summed E-state index contributed by atoms with van der Waals surface area (Å²) in [7, 11) is 0. The van der Waals surface area contributed by atoms with Crippen molar-refractivity contribution < 1.29 is 0 Å². The molecule has 0 fully saturated rings. The van der Waals surface area contributed by atoms with Crippen molar-refractivity contribution in [2.75, 3.05) is 23.4 Å². The molecule has 0 saturated heterocycles. The number of hydrogen-bond donors (Lipinski definition) is 2. The Kier molecular flexibility index (Phi) is 6.14. The summed E-state index contributed by atoms with van der Waals surface area (Å²) in [4.78, 5) is 8.89. The zero-order valence-electron chi connectivity index (χ0n) is 11.8. The second-order valence-electron chi connectivity index (χ2n) is 4.31. The SMILES string of the molecule is CCCNc1cc(Nc2ccc(Cl)c(Br)c2)nc(SC)n1. The number of anilines is 3. The molecule has 0 atom stereocenters. The molecule has 7 heteroatoms. The van der Waals surface area contributed by atoms with Crippen molar-refractivity contribution in [1.29, 1.82) is 0 Å². The first-order valence-electron chi connectivity index (χ1n) is 6.51. The van der Waals surface area contributed by atoms with Gasteiger partial charge in [-0.3, -0.25) is 0 Å². The van der Waals surface area contributed by atoms with Gasteiger partial charge >= 0.3 is 0 Å². The standard InChI is InChI=1S/C14H16BrClN4S/c1-3-6-17-12-8-13(20-14(19-12)21-2)18-9-4-5-11(16)10(15)7-9/h4-5,7-8H,3,6H2,1-2H3,(H2,17,18,19,20). The average Bonchev–Trinajstić information content (AvgIpc) is 2.48. The highest BCUT2D eigenvalue weighted by Gasteiger charge is 2.05. The number of nitrogens with one attached hydrogen (secondary N) is 2. The Morgan fingerprint density at radius 3 is 2.67 bits per heavy atom. The van der Waals surface area contributed by atoms with Crippen LogP contribution in [0.15, 0.2) is 33.9 Å². The molecule has 2 aromatic rings. The van der Waals surface area contributed by atoms with Crippen LogP contribution >= 0.6 is 39.3 Å². The molecule has 0 bridgehead atoms. The van der Waals surface area contributed by atoms with Gasteiger partial charge in [0.25, 0.3) is 0 Å².